The van der Waals surface area contributed by atoms with Gasteiger partial charge in [-0.2, -0.15) is 0 Å². The maximum Gasteiger partial charge on any atom is 0.242 e. The van der Waals surface area contributed by atoms with Gasteiger partial charge in [-0.1, -0.05) is 31.0 Å². The van der Waals surface area contributed by atoms with Gasteiger partial charge in [0.1, 0.15) is 12.3 Å². The van der Waals surface area contributed by atoms with E-state index in [-0.39, 0.29) is 29.6 Å². The van der Waals surface area contributed by atoms with Crippen molar-refractivity contribution < 1.29 is 22.7 Å². The van der Waals surface area contributed by atoms with Gasteiger partial charge in [0.05, 0.1) is 17.1 Å². The number of amides is 2. The Kier molecular flexibility index (Phi) is 7.09. The fraction of sp³-hybridized carbons (Fsp3) is 0.583. The van der Waals surface area contributed by atoms with Gasteiger partial charge in [0.2, 0.25) is 11.8 Å². The third kappa shape index (κ3) is 5.41. The van der Waals surface area contributed by atoms with Crippen molar-refractivity contribution in [2.24, 2.45) is 0 Å². The Morgan fingerprint density at radius 3 is 2.24 bits per heavy atom. The minimum absolute atomic E-state index is 0.00558. The highest BCUT2D eigenvalue weighted by Gasteiger charge is 2.31. The van der Waals surface area contributed by atoms with Crippen molar-refractivity contribution in [2.75, 3.05) is 31.9 Å². The van der Waals surface area contributed by atoms with Crippen LogP contribution in [0.5, 0.6) is 0 Å². The zero-order valence-electron chi connectivity index (χ0n) is 19.4. The summed E-state index contributed by atoms with van der Waals surface area (Å²) in [5.74, 6) is -1.02. The molecule has 33 heavy (non-hydrogen) atoms. The summed E-state index contributed by atoms with van der Waals surface area (Å²) in [7, 11) is -3.89. The lowest BCUT2D eigenvalue weighted by Gasteiger charge is -2.35. The van der Waals surface area contributed by atoms with Crippen LogP contribution >= 0.6 is 0 Å². The molecule has 0 aliphatic carbocycles. The van der Waals surface area contributed by atoms with Gasteiger partial charge in [-0.05, 0) is 32.8 Å². The van der Waals surface area contributed by atoms with Crippen molar-refractivity contribution in [3.8, 4) is 0 Å². The molecule has 2 aliphatic rings. The molecule has 2 amide bonds. The molecule has 2 atom stereocenters. The molecule has 0 bridgehead atoms. The van der Waals surface area contributed by atoms with Gasteiger partial charge >= 0.3 is 0 Å². The van der Waals surface area contributed by atoms with Crippen LogP contribution in [0.2, 0.25) is 0 Å². The lowest BCUT2D eigenvalue weighted by molar-refractivity contribution is -0.140. The van der Waals surface area contributed by atoms with Crippen molar-refractivity contribution in [1.82, 2.24) is 14.4 Å². The zero-order chi connectivity index (χ0) is 23.6. The maximum atomic E-state index is 13.3. The summed E-state index contributed by atoms with van der Waals surface area (Å²) >= 11 is 0. The normalized spacial score (nSPS) is 22.4. The van der Waals surface area contributed by atoms with E-state index in [2.05, 4.69) is 0 Å². The summed E-state index contributed by atoms with van der Waals surface area (Å²) in [4.78, 5) is 29.4. The minimum atomic E-state index is -3.89. The first-order valence-corrected chi connectivity index (χ1v) is 13.4. The summed E-state index contributed by atoms with van der Waals surface area (Å²) in [6, 6.07) is 7.15. The predicted molar refractivity (Wildman–Crippen MR) is 126 cm³/mol. The van der Waals surface area contributed by atoms with Gasteiger partial charge in [-0.3, -0.25) is 9.59 Å². The van der Waals surface area contributed by atoms with E-state index in [0.29, 0.717) is 24.0 Å². The fourth-order valence-electron chi connectivity index (χ4n) is 4.87. The number of rotatable bonds is 5. The van der Waals surface area contributed by atoms with Crippen LogP contribution in [0.15, 0.2) is 35.4 Å². The number of carbonyl (C=O) groups excluding carboxylic acids is 2. The molecule has 8 nitrogen and oxygen atoms in total. The van der Waals surface area contributed by atoms with Crippen LogP contribution in [0.4, 0.5) is 0 Å². The molecule has 0 spiro atoms. The fourth-order valence-corrected chi connectivity index (χ4v) is 6.33. The molecule has 2 aliphatic heterocycles. The lowest BCUT2D eigenvalue weighted by Crippen LogP contribution is -2.49. The standard InChI is InChI=1S/C24H33N3O5S/c1-18-13-27(14-19(2)32-18)24(29)17-33(30,31)22-15-26(21-10-6-5-9-20(21)22)16-23(28)25-11-7-3-4-8-12-25/h5-6,9-10,15,18-19H,3-4,7-8,11-14,16-17H2,1-2H3/t18-,19+. The predicted octanol–water partition coefficient (Wildman–Crippen LogP) is 2.45. The van der Waals surface area contributed by atoms with Crippen molar-refractivity contribution in [3.63, 3.8) is 0 Å². The van der Waals surface area contributed by atoms with Crippen LogP contribution in [-0.4, -0.2) is 78.7 Å². The van der Waals surface area contributed by atoms with E-state index < -0.39 is 21.5 Å². The van der Waals surface area contributed by atoms with E-state index in [4.69, 9.17) is 4.74 Å². The second-order valence-corrected chi connectivity index (χ2v) is 11.2. The Bertz CT molecular complexity index is 1110. The minimum Gasteiger partial charge on any atom is -0.372 e. The van der Waals surface area contributed by atoms with Crippen LogP contribution in [0.1, 0.15) is 39.5 Å². The summed E-state index contributed by atoms with van der Waals surface area (Å²) in [5.41, 5.74) is 0.681. The highest BCUT2D eigenvalue weighted by molar-refractivity contribution is 7.92. The molecule has 9 heteroatoms. The molecule has 1 aromatic heterocycles. The van der Waals surface area contributed by atoms with Crippen molar-refractivity contribution in [1.29, 1.82) is 0 Å². The molecule has 0 N–H and O–H groups in total. The van der Waals surface area contributed by atoms with Gasteiger partial charge in [0.15, 0.2) is 9.84 Å². The molecule has 2 fully saturated rings. The summed E-state index contributed by atoms with van der Waals surface area (Å²) in [6.07, 6.45) is 5.52. The molecule has 0 unspecified atom stereocenters. The van der Waals surface area contributed by atoms with E-state index >= 15 is 0 Å². The Morgan fingerprint density at radius 2 is 1.58 bits per heavy atom. The number of hydrogen-bond acceptors (Lipinski definition) is 5. The number of sulfone groups is 1. The Balaban J connectivity index is 1.57. The molecule has 180 valence electrons. The first-order chi connectivity index (χ1) is 15.7. The number of aromatic nitrogens is 1. The second-order valence-electron chi connectivity index (χ2n) is 9.25. The molecule has 0 radical (unpaired) electrons. The highest BCUT2D eigenvalue weighted by Crippen LogP contribution is 2.27. The largest absolute Gasteiger partial charge is 0.372 e. The molecular formula is C24H33N3O5S. The molecule has 1 aromatic carbocycles. The Labute approximate surface area is 195 Å². The number of likely N-dealkylation sites (tertiary alicyclic amines) is 1. The van der Waals surface area contributed by atoms with E-state index in [9.17, 15) is 18.0 Å². The smallest absolute Gasteiger partial charge is 0.242 e. The zero-order valence-corrected chi connectivity index (χ0v) is 20.2. The van der Waals surface area contributed by atoms with E-state index in [0.717, 1.165) is 38.8 Å². The average molecular weight is 476 g/mol. The van der Waals surface area contributed by atoms with Crippen LogP contribution in [0.25, 0.3) is 10.9 Å². The number of nitrogens with zero attached hydrogens (tertiary/aromatic N) is 3. The summed E-state index contributed by atoms with van der Waals surface area (Å²) in [5, 5.41) is 0.540. The number of benzene rings is 1. The van der Waals surface area contributed by atoms with E-state index in [1.165, 1.54) is 6.20 Å². The number of hydrogen-bond donors (Lipinski definition) is 0. The van der Waals surface area contributed by atoms with Crippen LogP contribution in [0.3, 0.4) is 0 Å². The molecule has 4 rings (SSSR count). The number of carbonyl (C=O) groups is 2. The maximum absolute atomic E-state index is 13.3. The van der Waals surface area contributed by atoms with Gasteiger partial charge in [-0.15, -0.1) is 0 Å². The van der Waals surface area contributed by atoms with Crippen molar-refractivity contribution in [2.45, 2.75) is 63.2 Å². The van der Waals surface area contributed by atoms with Crippen LogP contribution in [0, 0.1) is 0 Å². The Hall–Kier alpha value is -2.39. The van der Waals surface area contributed by atoms with Gasteiger partial charge < -0.3 is 19.1 Å². The van der Waals surface area contributed by atoms with Crippen molar-refractivity contribution >= 4 is 32.6 Å². The van der Waals surface area contributed by atoms with Crippen LogP contribution in [-0.2, 0) is 30.7 Å². The second kappa shape index (κ2) is 9.85. The quantitative estimate of drug-likeness (QED) is 0.663. The van der Waals surface area contributed by atoms with Gasteiger partial charge in [-0.25, -0.2) is 8.42 Å². The third-order valence-corrected chi connectivity index (χ3v) is 8.06. The number of para-hydroxylation sites is 1. The molecule has 0 saturated carbocycles. The SMILES string of the molecule is C[C@@H]1CN(C(=O)CS(=O)(=O)c2cn(CC(=O)N3CCCCCC3)c3ccccc23)C[C@H](C)O1. The topological polar surface area (TPSA) is 88.9 Å². The number of morpholine rings is 1. The molecule has 2 aromatic rings. The Morgan fingerprint density at radius 1 is 0.939 bits per heavy atom. The van der Waals surface area contributed by atoms with Gasteiger partial charge in [0.25, 0.3) is 0 Å². The van der Waals surface area contributed by atoms with E-state index in [1.54, 1.807) is 21.6 Å². The molecule has 3 heterocycles. The monoisotopic (exact) mass is 475 g/mol. The number of fused-ring (bicyclic) bond motifs is 1. The lowest BCUT2D eigenvalue weighted by atomic mass is 10.2. The summed E-state index contributed by atoms with van der Waals surface area (Å²) < 4.78 is 34.0. The van der Waals surface area contributed by atoms with E-state index in [1.807, 2.05) is 30.9 Å². The summed E-state index contributed by atoms with van der Waals surface area (Å²) in [6.45, 7) is 6.08. The first kappa shape index (κ1) is 23.8. The highest BCUT2D eigenvalue weighted by atomic mass is 32.2. The van der Waals surface area contributed by atoms with Crippen LogP contribution < -0.4 is 0 Å². The van der Waals surface area contributed by atoms with Gasteiger partial charge in [0, 0.05) is 43.3 Å². The third-order valence-electron chi connectivity index (χ3n) is 6.44. The molecular weight excluding hydrogens is 442 g/mol. The van der Waals surface area contributed by atoms with Crippen molar-refractivity contribution in [3.05, 3.63) is 30.5 Å². The average Bonchev–Trinajstić information content (AvgIpc) is 2.93. The molecule has 2 saturated heterocycles. The first-order valence-electron chi connectivity index (χ1n) is 11.8. The number of ether oxygens (including phenoxy) is 1.